The minimum Gasteiger partial charge on any atom is -0.308 e. The second-order valence-electron chi connectivity index (χ2n) is 22.5. The molecule has 5 aromatic heterocycles. The predicted octanol–water partition coefficient (Wildman–Crippen LogP) is 19.8. The van der Waals surface area contributed by atoms with Crippen LogP contribution in [0, 0.1) is 27.7 Å². The molecule has 0 aliphatic rings. The molecular weight excluding hydrogens is 1030 g/mol. The van der Waals surface area contributed by atoms with Crippen molar-refractivity contribution >= 4 is 65.4 Å². The molecule has 0 atom stereocenters. The van der Waals surface area contributed by atoms with Gasteiger partial charge in [0, 0.05) is 60.1 Å². The Hall–Kier alpha value is -11.0. The average molecular weight is 1090 g/mol. The Morgan fingerprint density at radius 1 is 0.247 bits per heavy atom. The van der Waals surface area contributed by atoms with Gasteiger partial charge in [0.05, 0.1) is 78.5 Å². The highest BCUT2D eigenvalue weighted by atomic mass is 15.1. The lowest BCUT2D eigenvalue weighted by molar-refractivity contribution is 1.07. The maximum absolute atomic E-state index is 5.95. The zero-order valence-electron chi connectivity index (χ0n) is 47.5. The van der Waals surface area contributed by atoms with Gasteiger partial charge in [0.25, 0.3) is 0 Å². The predicted molar refractivity (Wildman–Crippen MR) is 352 cm³/mol. The van der Waals surface area contributed by atoms with Crippen molar-refractivity contribution in [1.82, 2.24) is 33.6 Å². The Morgan fingerprint density at radius 3 is 1.04 bits per heavy atom. The van der Waals surface area contributed by atoms with Crippen LogP contribution in [0.3, 0.4) is 0 Å². The highest BCUT2D eigenvalue weighted by molar-refractivity contribution is 6.15. The van der Waals surface area contributed by atoms with E-state index in [1.54, 1.807) is 0 Å². The number of para-hydroxylation sites is 2. The quantitative estimate of drug-likeness (QED) is 0.144. The Kier molecular flexibility index (Phi) is 11.6. The second-order valence-corrected chi connectivity index (χ2v) is 22.5. The maximum Gasteiger partial charge on any atom is 0.160 e. The van der Waals surface area contributed by atoms with Crippen molar-refractivity contribution < 1.29 is 0 Å². The van der Waals surface area contributed by atoms with Gasteiger partial charge in [0.2, 0.25) is 0 Å². The molecule has 0 bridgehead atoms. The molecule has 0 amide bonds. The average Bonchev–Trinajstić information content (AvgIpc) is 1.72. The van der Waals surface area contributed by atoms with E-state index in [1.807, 2.05) is 6.07 Å². The lowest BCUT2D eigenvalue weighted by Crippen LogP contribution is -2.12. The number of hydrogen-bond acceptors (Lipinski definition) is 4. The smallest absolute Gasteiger partial charge is 0.160 e. The molecule has 0 saturated carbocycles. The van der Waals surface area contributed by atoms with Gasteiger partial charge in [-0.3, -0.25) is 0 Å². The summed E-state index contributed by atoms with van der Waals surface area (Å²) in [6.07, 6.45) is 0. The number of aryl methyl sites for hydroxylation is 4. The summed E-state index contributed by atoms with van der Waals surface area (Å²) in [5, 5.41) is 6.94. The first kappa shape index (κ1) is 49.8. The summed E-state index contributed by atoms with van der Waals surface area (Å²) in [5.74, 6) is 1.23. The molecule has 5 heterocycles. The Bertz CT molecular complexity index is 5150. The third-order valence-electron chi connectivity index (χ3n) is 16.9. The fraction of sp³-hybridized carbons (Fsp3) is 0.0513. The van der Waals surface area contributed by atoms with Gasteiger partial charge in [-0.1, -0.05) is 204 Å². The van der Waals surface area contributed by atoms with Crippen LogP contribution >= 0.6 is 0 Å². The van der Waals surface area contributed by atoms with Gasteiger partial charge >= 0.3 is 0 Å². The summed E-state index contributed by atoms with van der Waals surface area (Å²) < 4.78 is 7.53. The molecule has 402 valence electrons. The van der Waals surface area contributed by atoms with Crippen molar-refractivity contribution in [3.63, 3.8) is 0 Å². The van der Waals surface area contributed by atoms with Crippen molar-refractivity contribution in [2.45, 2.75) is 27.7 Å². The first-order valence-electron chi connectivity index (χ1n) is 29.0. The Balaban J connectivity index is 1.22. The van der Waals surface area contributed by atoms with Crippen molar-refractivity contribution in [1.29, 1.82) is 0 Å². The Morgan fingerprint density at radius 2 is 0.576 bits per heavy atom. The number of hydrogen-bond donors (Lipinski definition) is 0. The van der Waals surface area contributed by atoms with Gasteiger partial charge < -0.3 is 13.7 Å². The van der Waals surface area contributed by atoms with Gasteiger partial charge in [-0.05, 0) is 107 Å². The summed E-state index contributed by atoms with van der Waals surface area (Å²) in [6, 6.07) is 93.9. The third kappa shape index (κ3) is 8.26. The van der Waals surface area contributed by atoms with Crippen LogP contribution in [-0.2, 0) is 0 Å². The fourth-order valence-electron chi connectivity index (χ4n) is 13.0. The molecule has 11 aromatic carbocycles. The number of fused-ring (bicyclic) bond motifs is 9. The molecule has 0 aliphatic carbocycles. The van der Waals surface area contributed by atoms with Gasteiger partial charge in [-0.15, -0.1) is 0 Å². The lowest BCUT2D eigenvalue weighted by atomic mass is 9.94. The van der Waals surface area contributed by atoms with E-state index < -0.39 is 0 Å². The van der Waals surface area contributed by atoms with E-state index in [0.29, 0.717) is 11.6 Å². The summed E-state index contributed by atoms with van der Waals surface area (Å²) in [5.41, 5.74) is 22.6. The normalized spacial score (nSPS) is 11.8. The minimum atomic E-state index is 0.610. The van der Waals surface area contributed by atoms with Gasteiger partial charge in [-0.25, -0.2) is 19.9 Å². The minimum absolute atomic E-state index is 0.610. The SMILES string of the molecule is Cc1ccc2c(c1)c1ccccc1n2-c1cc(-c2cc(-c3ccccc3)nc(-c3ccccc3)n2)c(-n2c3ccc(C)cc3c3cc(C)ccc32)c(-c2cc(-c3ccccc3)nc(-c3ccccc3)n2)c1-n1c2ccccc2c2cc(C)ccc21. The highest BCUT2D eigenvalue weighted by Gasteiger charge is 2.32. The summed E-state index contributed by atoms with van der Waals surface area (Å²) in [6.45, 7) is 8.75. The molecule has 0 saturated heterocycles. The van der Waals surface area contributed by atoms with Gasteiger partial charge in [0.15, 0.2) is 11.6 Å². The van der Waals surface area contributed by atoms with Crippen LogP contribution < -0.4 is 0 Å². The van der Waals surface area contributed by atoms with E-state index in [1.165, 1.54) is 27.6 Å². The Labute approximate surface area is 492 Å². The molecular formula is C78H55N7. The largest absolute Gasteiger partial charge is 0.308 e. The number of rotatable bonds is 9. The number of nitrogens with zero attached hydrogens (tertiary/aromatic N) is 7. The highest BCUT2D eigenvalue weighted by Crippen LogP contribution is 2.51. The summed E-state index contributed by atoms with van der Waals surface area (Å²) >= 11 is 0. The maximum atomic E-state index is 5.95. The van der Waals surface area contributed by atoms with Crippen molar-refractivity contribution in [3.05, 3.63) is 283 Å². The zero-order valence-corrected chi connectivity index (χ0v) is 47.5. The molecule has 7 heteroatoms. The fourth-order valence-corrected chi connectivity index (χ4v) is 13.0. The van der Waals surface area contributed by atoms with Crippen LogP contribution in [0.15, 0.2) is 261 Å². The third-order valence-corrected chi connectivity index (χ3v) is 16.9. The van der Waals surface area contributed by atoms with Crippen LogP contribution in [0.5, 0.6) is 0 Å². The van der Waals surface area contributed by atoms with E-state index in [4.69, 9.17) is 19.9 Å². The first-order valence-corrected chi connectivity index (χ1v) is 29.0. The van der Waals surface area contributed by atoms with Crippen molar-refractivity contribution in [2.75, 3.05) is 0 Å². The van der Waals surface area contributed by atoms with Crippen LogP contribution in [0.4, 0.5) is 0 Å². The molecule has 0 unspecified atom stereocenters. The number of aromatic nitrogens is 7. The number of benzene rings is 11. The van der Waals surface area contributed by atoms with Gasteiger partial charge in [-0.2, -0.15) is 0 Å². The summed E-state index contributed by atoms with van der Waals surface area (Å²) in [4.78, 5) is 22.7. The van der Waals surface area contributed by atoms with E-state index in [0.717, 1.165) is 133 Å². The lowest BCUT2D eigenvalue weighted by Gasteiger charge is -2.27. The van der Waals surface area contributed by atoms with Crippen LogP contribution in [0.2, 0.25) is 0 Å². The summed E-state index contributed by atoms with van der Waals surface area (Å²) in [7, 11) is 0. The molecule has 7 nitrogen and oxygen atoms in total. The molecule has 16 aromatic rings. The molecule has 85 heavy (non-hydrogen) atoms. The standard InChI is InChI=1S/C78H55N7/c1-48-33-37-69-58(41-48)56-29-17-19-31-67(56)83(69)73-45-62(65-46-63(52-21-9-5-10-22-52)79-77(81-65)54-25-13-7-14-26-54)75(84-71-39-35-50(3)43-60(71)61-44-51(4)36-40-72(61)84)74(76(73)85-68-32-20-18-30-57(68)59-42-49(2)34-38-70(59)85)66-47-64(53-23-11-6-12-24-53)80-78(82-66)55-27-15-8-16-28-55/h5-47H,1-4H3. The molecule has 0 radical (unpaired) electrons. The monoisotopic (exact) mass is 1090 g/mol. The van der Waals surface area contributed by atoms with E-state index in [-0.39, 0.29) is 0 Å². The van der Waals surface area contributed by atoms with E-state index in [9.17, 15) is 0 Å². The van der Waals surface area contributed by atoms with Crippen LogP contribution in [0.1, 0.15) is 22.3 Å². The molecule has 0 aliphatic heterocycles. The zero-order chi connectivity index (χ0) is 56.9. The molecule has 0 N–H and O–H groups in total. The molecule has 0 fully saturated rings. The second kappa shape index (κ2) is 19.9. The first-order chi connectivity index (χ1) is 41.8. The van der Waals surface area contributed by atoms with Crippen molar-refractivity contribution in [3.8, 4) is 84.9 Å². The van der Waals surface area contributed by atoms with Crippen LogP contribution in [-0.4, -0.2) is 33.6 Å². The van der Waals surface area contributed by atoms with E-state index >= 15 is 0 Å². The van der Waals surface area contributed by atoms with Crippen LogP contribution in [0.25, 0.3) is 150 Å². The molecule has 0 spiro atoms. The van der Waals surface area contributed by atoms with Crippen molar-refractivity contribution in [2.24, 2.45) is 0 Å². The van der Waals surface area contributed by atoms with E-state index in [2.05, 4.69) is 296 Å². The molecule has 16 rings (SSSR count). The van der Waals surface area contributed by atoms with Gasteiger partial charge in [0.1, 0.15) is 0 Å². The topological polar surface area (TPSA) is 66.3 Å².